The second-order valence-electron chi connectivity index (χ2n) is 3.12. The highest BCUT2D eigenvalue weighted by Gasteiger charge is 2.08. The van der Waals surface area contributed by atoms with E-state index in [9.17, 15) is 13.2 Å². The Balaban J connectivity index is 3.73. The molecule has 0 radical (unpaired) electrons. The minimum absolute atomic E-state index is 0.106. The number of rotatable bonds is 6. The summed E-state index contributed by atoms with van der Waals surface area (Å²) in [5, 5.41) is 7.44. The van der Waals surface area contributed by atoms with E-state index in [1.54, 1.807) is 4.90 Å². The van der Waals surface area contributed by atoms with Crippen molar-refractivity contribution in [2.75, 3.05) is 25.4 Å². The lowest BCUT2D eigenvalue weighted by molar-refractivity contribution is 0.203. The molecule has 0 saturated carbocycles. The van der Waals surface area contributed by atoms with Crippen molar-refractivity contribution in [3.8, 4) is 0 Å². The van der Waals surface area contributed by atoms with Crippen LogP contribution < -0.4 is 10.5 Å². The van der Waals surface area contributed by atoms with E-state index in [-0.39, 0.29) is 11.8 Å². The van der Waals surface area contributed by atoms with Gasteiger partial charge in [0.05, 0.1) is 5.75 Å². The lowest BCUT2D eigenvalue weighted by atomic mass is 10.5. The van der Waals surface area contributed by atoms with Crippen LogP contribution in [-0.2, 0) is 10.0 Å². The monoisotopic (exact) mass is 237 g/mol. The second kappa shape index (κ2) is 6.62. The van der Waals surface area contributed by atoms with E-state index in [2.05, 4.69) is 5.32 Å². The van der Waals surface area contributed by atoms with Crippen molar-refractivity contribution in [1.82, 2.24) is 10.2 Å². The van der Waals surface area contributed by atoms with Crippen LogP contribution in [0.25, 0.3) is 0 Å². The Morgan fingerprint density at radius 2 is 1.87 bits per heavy atom. The number of sulfonamides is 1. The lowest BCUT2D eigenvalue weighted by Crippen LogP contribution is -2.40. The van der Waals surface area contributed by atoms with Gasteiger partial charge in [0.25, 0.3) is 0 Å². The van der Waals surface area contributed by atoms with Crippen LogP contribution in [0, 0.1) is 0 Å². The van der Waals surface area contributed by atoms with E-state index in [0.29, 0.717) is 26.1 Å². The number of hydrogen-bond donors (Lipinski definition) is 2. The van der Waals surface area contributed by atoms with Crippen molar-refractivity contribution in [1.29, 1.82) is 0 Å². The number of amides is 2. The van der Waals surface area contributed by atoms with Crippen LogP contribution in [0.4, 0.5) is 4.79 Å². The fourth-order valence-electron chi connectivity index (χ4n) is 1.09. The van der Waals surface area contributed by atoms with Crippen LogP contribution >= 0.6 is 0 Å². The van der Waals surface area contributed by atoms with Gasteiger partial charge in [-0.25, -0.2) is 18.4 Å². The molecule has 15 heavy (non-hydrogen) atoms. The molecule has 0 unspecified atom stereocenters. The van der Waals surface area contributed by atoms with Crippen LogP contribution in [0.3, 0.4) is 0 Å². The summed E-state index contributed by atoms with van der Waals surface area (Å²) in [7, 11) is -3.42. The van der Waals surface area contributed by atoms with Crippen LogP contribution in [0.1, 0.15) is 20.3 Å². The minimum atomic E-state index is -3.42. The molecule has 0 aliphatic rings. The van der Waals surface area contributed by atoms with Gasteiger partial charge in [0.1, 0.15) is 0 Å². The molecule has 0 rings (SSSR count). The maximum atomic E-state index is 11.4. The van der Waals surface area contributed by atoms with Gasteiger partial charge in [-0.1, -0.05) is 0 Å². The first-order chi connectivity index (χ1) is 6.90. The molecule has 0 aliphatic carbocycles. The summed E-state index contributed by atoms with van der Waals surface area (Å²) in [6, 6.07) is -0.172. The standard InChI is InChI=1S/C8H19N3O3S/c1-3-11(4-2)8(12)10-6-5-7-15(9,13)14/h3-7H2,1-2H3,(H,10,12)(H2,9,13,14). The highest BCUT2D eigenvalue weighted by Crippen LogP contribution is 1.89. The Labute approximate surface area is 90.9 Å². The molecule has 90 valence electrons. The quantitative estimate of drug-likeness (QED) is 0.622. The molecule has 6 nitrogen and oxygen atoms in total. The van der Waals surface area contributed by atoms with Gasteiger partial charge in [-0.3, -0.25) is 0 Å². The predicted octanol–water partition coefficient (Wildman–Crippen LogP) is -0.284. The number of hydrogen-bond acceptors (Lipinski definition) is 3. The Morgan fingerprint density at radius 1 is 1.33 bits per heavy atom. The summed E-state index contributed by atoms with van der Waals surface area (Å²) in [4.78, 5) is 13.0. The highest BCUT2D eigenvalue weighted by atomic mass is 32.2. The molecule has 7 heteroatoms. The number of nitrogens with zero attached hydrogens (tertiary/aromatic N) is 1. The number of nitrogens with two attached hydrogens (primary N) is 1. The molecule has 0 saturated heterocycles. The first kappa shape index (κ1) is 14.2. The number of nitrogens with one attached hydrogen (secondary N) is 1. The van der Waals surface area contributed by atoms with Crippen molar-refractivity contribution in [2.24, 2.45) is 5.14 Å². The largest absolute Gasteiger partial charge is 0.338 e. The van der Waals surface area contributed by atoms with Gasteiger partial charge < -0.3 is 10.2 Å². The summed E-state index contributed by atoms with van der Waals surface area (Å²) < 4.78 is 21.2. The van der Waals surface area contributed by atoms with Gasteiger partial charge in [-0.2, -0.15) is 0 Å². The first-order valence-electron chi connectivity index (χ1n) is 4.94. The minimum Gasteiger partial charge on any atom is -0.338 e. The van der Waals surface area contributed by atoms with Gasteiger partial charge >= 0.3 is 6.03 Å². The highest BCUT2D eigenvalue weighted by molar-refractivity contribution is 7.89. The molecular formula is C8H19N3O3S. The zero-order chi connectivity index (χ0) is 11.9. The Bertz CT molecular complexity index is 286. The maximum Gasteiger partial charge on any atom is 0.317 e. The fourth-order valence-corrected chi connectivity index (χ4v) is 1.64. The normalized spacial score (nSPS) is 11.1. The van der Waals surface area contributed by atoms with E-state index in [1.807, 2.05) is 13.8 Å². The van der Waals surface area contributed by atoms with Crippen LogP contribution in [0.5, 0.6) is 0 Å². The smallest absolute Gasteiger partial charge is 0.317 e. The zero-order valence-electron chi connectivity index (χ0n) is 9.19. The molecule has 0 spiro atoms. The Kier molecular flexibility index (Phi) is 6.26. The molecule has 2 amide bonds. The number of carbonyl (C=O) groups excluding carboxylic acids is 1. The third-order valence-corrected chi connectivity index (χ3v) is 2.79. The SMILES string of the molecule is CCN(CC)C(=O)NCCCS(N)(=O)=O. The summed E-state index contributed by atoms with van der Waals surface area (Å²) >= 11 is 0. The average Bonchev–Trinajstić information content (AvgIpc) is 2.13. The number of urea groups is 1. The second-order valence-corrected chi connectivity index (χ2v) is 4.86. The van der Waals surface area contributed by atoms with Crippen molar-refractivity contribution < 1.29 is 13.2 Å². The molecule has 0 bridgehead atoms. The zero-order valence-corrected chi connectivity index (χ0v) is 10.0. The molecule has 0 fully saturated rings. The van der Waals surface area contributed by atoms with Gasteiger partial charge in [0.15, 0.2) is 0 Å². The van der Waals surface area contributed by atoms with E-state index in [1.165, 1.54) is 0 Å². The molecule has 0 aliphatic heterocycles. The molecule has 0 aromatic rings. The summed E-state index contributed by atoms with van der Waals surface area (Å²) in [5.74, 6) is -0.106. The third-order valence-electron chi connectivity index (χ3n) is 1.93. The average molecular weight is 237 g/mol. The van der Waals surface area contributed by atoms with Gasteiger partial charge in [-0.15, -0.1) is 0 Å². The fraction of sp³-hybridized carbons (Fsp3) is 0.875. The van der Waals surface area contributed by atoms with Crippen molar-refractivity contribution in [3.63, 3.8) is 0 Å². The molecular weight excluding hydrogens is 218 g/mol. The number of carbonyl (C=O) groups is 1. The summed E-state index contributed by atoms with van der Waals surface area (Å²) in [6.07, 6.45) is 0.339. The molecule has 3 N–H and O–H groups in total. The Hall–Kier alpha value is -0.820. The van der Waals surface area contributed by atoms with Crippen molar-refractivity contribution >= 4 is 16.1 Å². The molecule has 0 aromatic heterocycles. The molecule has 0 atom stereocenters. The topological polar surface area (TPSA) is 92.5 Å². The number of primary sulfonamides is 1. The van der Waals surface area contributed by atoms with Crippen molar-refractivity contribution in [2.45, 2.75) is 20.3 Å². The van der Waals surface area contributed by atoms with E-state index in [4.69, 9.17) is 5.14 Å². The summed E-state index contributed by atoms with van der Waals surface area (Å²) in [6.45, 7) is 5.36. The van der Waals surface area contributed by atoms with Crippen LogP contribution in [-0.4, -0.2) is 44.7 Å². The van der Waals surface area contributed by atoms with E-state index >= 15 is 0 Å². The molecule has 0 aromatic carbocycles. The van der Waals surface area contributed by atoms with Crippen LogP contribution in [0.15, 0.2) is 0 Å². The van der Waals surface area contributed by atoms with Gasteiger partial charge in [0.2, 0.25) is 10.0 Å². The maximum absolute atomic E-state index is 11.4. The van der Waals surface area contributed by atoms with Gasteiger partial charge in [0, 0.05) is 19.6 Å². The van der Waals surface area contributed by atoms with Crippen molar-refractivity contribution in [3.05, 3.63) is 0 Å². The van der Waals surface area contributed by atoms with E-state index < -0.39 is 10.0 Å². The summed E-state index contributed by atoms with van der Waals surface area (Å²) in [5.41, 5.74) is 0. The lowest BCUT2D eigenvalue weighted by Gasteiger charge is -2.18. The predicted molar refractivity (Wildman–Crippen MR) is 58.9 cm³/mol. The molecule has 0 heterocycles. The first-order valence-corrected chi connectivity index (χ1v) is 6.65. The van der Waals surface area contributed by atoms with Gasteiger partial charge in [-0.05, 0) is 20.3 Å². The van der Waals surface area contributed by atoms with Crippen LogP contribution in [0.2, 0.25) is 0 Å². The third kappa shape index (κ3) is 7.15. The Morgan fingerprint density at radius 3 is 2.27 bits per heavy atom. The van der Waals surface area contributed by atoms with E-state index in [0.717, 1.165) is 0 Å².